The van der Waals surface area contributed by atoms with Crippen LogP contribution in [0.4, 0.5) is 4.39 Å². The van der Waals surface area contributed by atoms with Crippen molar-refractivity contribution in [2.45, 2.75) is 33.8 Å². The number of hydrogen-bond donors (Lipinski definition) is 1. The fourth-order valence-corrected chi connectivity index (χ4v) is 3.04. The molecule has 0 amide bonds. The van der Waals surface area contributed by atoms with Gasteiger partial charge < -0.3 is 5.11 Å². The van der Waals surface area contributed by atoms with Gasteiger partial charge in [0.25, 0.3) is 0 Å². The molecule has 0 aromatic heterocycles. The highest BCUT2D eigenvalue weighted by Crippen LogP contribution is 2.32. The Labute approximate surface area is 127 Å². The molecule has 1 nitrogen and oxygen atoms in total. The van der Waals surface area contributed by atoms with E-state index in [1.807, 2.05) is 27.7 Å². The molecule has 0 heterocycles. The summed E-state index contributed by atoms with van der Waals surface area (Å²) in [7, 11) is 0. The van der Waals surface area contributed by atoms with Crippen molar-refractivity contribution in [3.8, 4) is 0 Å². The minimum atomic E-state index is -0.819. The summed E-state index contributed by atoms with van der Waals surface area (Å²) in [5.74, 6) is -0.354. The van der Waals surface area contributed by atoms with Gasteiger partial charge in [-0.25, -0.2) is 4.39 Å². The molecule has 1 unspecified atom stereocenters. The third-order valence-corrected chi connectivity index (χ3v) is 4.36. The molecule has 0 saturated carbocycles. The van der Waals surface area contributed by atoms with Crippen molar-refractivity contribution < 1.29 is 9.50 Å². The lowest BCUT2D eigenvalue weighted by molar-refractivity contribution is 0.218. The van der Waals surface area contributed by atoms with Crippen LogP contribution in [0.25, 0.3) is 0 Å². The summed E-state index contributed by atoms with van der Waals surface area (Å²) in [6.45, 7) is 8.04. The zero-order valence-corrected chi connectivity index (χ0v) is 13.7. The second kappa shape index (κ2) is 5.66. The van der Waals surface area contributed by atoms with E-state index in [0.29, 0.717) is 10.0 Å². The molecule has 20 heavy (non-hydrogen) atoms. The largest absolute Gasteiger partial charge is 0.384 e. The minimum Gasteiger partial charge on any atom is -0.384 e. The zero-order chi connectivity index (χ0) is 15.0. The van der Waals surface area contributed by atoms with Gasteiger partial charge in [-0.3, -0.25) is 0 Å². The highest BCUT2D eigenvalue weighted by atomic mass is 79.9. The smallest absolute Gasteiger partial charge is 0.124 e. The molecule has 0 saturated heterocycles. The van der Waals surface area contributed by atoms with Gasteiger partial charge in [-0.2, -0.15) is 0 Å². The predicted molar refractivity (Wildman–Crippen MR) is 83.6 cm³/mol. The number of halogens is 2. The van der Waals surface area contributed by atoms with E-state index in [4.69, 9.17) is 0 Å². The van der Waals surface area contributed by atoms with Crippen molar-refractivity contribution >= 4 is 15.9 Å². The first-order valence-corrected chi connectivity index (χ1v) is 7.32. The lowest BCUT2D eigenvalue weighted by atomic mass is 9.88. The Morgan fingerprint density at radius 2 is 1.50 bits per heavy atom. The third kappa shape index (κ3) is 2.79. The summed E-state index contributed by atoms with van der Waals surface area (Å²) in [6, 6.07) is 6.63. The Morgan fingerprint density at radius 1 is 0.950 bits per heavy atom. The molecule has 2 aromatic carbocycles. The van der Waals surface area contributed by atoms with Gasteiger partial charge >= 0.3 is 0 Å². The third-order valence-electron chi connectivity index (χ3n) is 3.90. The average molecular weight is 337 g/mol. The van der Waals surface area contributed by atoms with Gasteiger partial charge in [0.1, 0.15) is 11.9 Å². The predicted octanol–water partition coefficient (Wildman–Crippen LogP) is 4.90. The molecule has 0 radical (unpaired) electrons. The van der Waals surface area contributed by atoms with Crippen molar-refractivity contribution in [1.29, 1.82) is 0 Å². The van der Waals surface area contributed by atoms with Crippen LogP contribution in [0.3, 0.4) is 0 Å². The van der Waals surface area contributed by atoms with Crippen molar-refractivity contribution in [2.24, 2.45) is 0 Å². The Morgan fingerprint density at radius 3 is 2.00 bits per heavy atom. The van der Waals surface area contributed by atoms with Gasteiger partial charge in [0.2, 0.25) is 0 Å². The van der Waals surface area contributed by atoms with Crippen LogP contribution in [0.15, 0.2) is 28.7 Å². The Bertz CT molecular complexity index is 618. The van der Waals surface area contributed by atoms with E-state index < -0.39 is 6.10 Å². The van der Waals surface area contributed by atoms with Gasteiger partial charge in [-0.15, -0.1) is 0 Å². The summed E-state index contributed by atoms with van der Waals surface area (Å²) in [5.41, 5.74) is 5.82. The van der Waals surface area contributed by atoms with E-state index in [1.54, 1.807) is 6.07 Å². The molecular formula is C17H18BrFO. The number of hydrogen-bond acceptors (Lipinski definition) is 1. The fraction of sp³-hybridized carbons (Fsp3) is 0.294. The van der Waals surface area contributed by atoms with Crippen LogP contribution in [-0.2, 0) is 0 Å². The molecule has 0 spiro atoms. The molecule has 0 aliphatic carbocycles. The van der Waals surface area contributed by atoms with E-state index in [2.05, 4.69) is 22.0 Å². The van der Waals surface area contributed by atoms with Gasteiger partial charge in [0.15, 0.2) is 0 Å². The van der Waals surface area contributed by atoms with Crippen molar-refractivity contribution in [3.63, 3.8) is 0 Å². The number of benzene rings is 2. The first-order valence-electron chi connectivity index (χ1n) is 6.52. The topological polar surface area (TPSA) is 20.2 Å². The highest BCUT2D eigenvalue weighted by molar-refractivity contribution is 9.10. The normalized spacial score (nSPS) is 12.6. The van der Waals surface area contributed by atoms with Gasteiger partial charge in [-0.1, -0.05) is 22.0 Å². The maximum atomic E-state index is 13.5. The second-order valence-corrected chi connectivity index (χ2v) is 6.20. The van der Waals surface area contributed by atoms with Crippen LogP contribution in [0.1, 0.15) is 39.5 Å². The fourth-order valence-electron chi connectivity index (χ4n) is 2.56. The maximum absolute atomic E-state index is 13.5. The van der Waals surface area contributed by atoms with Crippen LogP contribution < -0.4 is 0 Å². The molecule has 3 heteroatoms. The number of aliphatic hydroxyl groups is 1. The Balaban J connectivity index is 2.61. The van der Waals surface area contributed by atoms with Crippen LogP contribution in [0.5, 0.6) is 0 Å². The molecule has 2 aromatic rings. The lowest BCUT2D eigenvalue weighted by Gasteiger charge is -2.21. The SMILES string of the molecule is Cc1cc(C)c(C)c(C(O)c2cc(F)cc(Br)c2)c1C. The van der Waals surface area contributed by atoms with E-state index in [-0.39, 0.29) is 5.82 Å². The van der Waals surface area contributed by atoms with E-state index in [0.717, 1.165) is 27.8 Å². The van der Waals surface area contributed by atoms with Crippen LogP contribution in [0.2, 0.25) is 0 Å². The maximum Gasteiger partial charge on any atom is 0.124 e. The minimum absolute atomic E-state index is 0.354. The molecule has 0 aliphatic rings. The van der Waals surface area contributed by atoms with E-state index in [9.17, 15) is 9.50 Å². The number of aliphatic hydroxyl groups excluding tert-OH is 1. The molecular weight excluding hydrogens is 319 g/mol. The summed E-state index contributed by atoms with van der Waals surface area (Å²) < 4.78 is 14.2. The molecule has 0 aliphatic heterocycles. The van der Waals surface area contributed by atoms with Crippen molar-refractivity contribution in [2.75, 3.05) is 0 Å². The number of aryl methyl sites for hydroxylation is 2. The second-order valence-electron chi connectivity index (χ2n) is 5.28. The average Bonchev–Trinajstić information content (AvgIpc) is 2.35. The number of rotatable bonds is 2. The zero-order valence-electron chi connectivity index (χ0n) is 12.1. The van der Waals surface area contributed by atoms with Crippen LogP contribution in [0, 0.1) is 33.5 Å². The van der Waals surface area contributed by atoms with Crippen molar-refractivity contribution in [1.82, 2.24) is 0 Å². The van der Waals surface area contributed by atoms with Gasteiger partial charge in [-0.05, 0) is 79.3 Å². The Hall–Kier alpha value is -1.19. The summed E-state index contributed by atoms with van der Waals surface area (Å²) in [6.07, 6.45) is -0.819. The standard InChI is InChI=1S/C17H18BrFO/c1-9-5-10(2)12(4)16(11(9)3)17(20)13-6-14(18)8-15(19)7-13/h5-8,17,20H,1-4H3. The Kier molecular flexibility index (Phi) is 4.31. The highest BCUT2D eigenvalue weighted by Gasteiger charge is 2.19. The van der Waals surface area contributed by atoms with Crippen molar-refractivity contribution in [3.05, 3.63) is 67.9 Å². The van der Waals surface area contributed by atoms with Gasteiger partial charge in [0.05, 0.1) is 0 Å². The first-order chi connectivity index (χ1) is 9.31. The first kappa shape index (κ1) is 15.2. The lowest BCUT2D eigenvalue weighted by Crippen LogP contribution is -2.08. The monoisotopic (exact) mass is 336 g/mol. The molecule has 1 atom stereocenters. The van der Waals surface area contributed by atoms with Gasteiger partial charge in [0, 0.05) is 4.47 Å². The molecule has 1 N–H and O–H groups in total. The van der Waals surface area contributed by atoms with E-state index >= 15 is 0 Å². The summed E-state index contributed by atoms with van der Waals surface area (Å²) in [5, 5.41) is 10.7. The van der Waals surface area contributed by atoms with Crippen LogP contribution in [-0.4, -0.2) is 5.11 Å². The molecule has 106 valence electrons. The molecule has 0 fully saturated rings. The van der Waals surface area contributed by atoms with E-state index in [1.165, 1.54) is 12.1 Å². The molecule has 2 rings (SSSR count). The van der Waals surface area contributed by atoms with Crippen LogP contribution >= 0.6 is 15.9 Å². The molecule has 0 bridgehead atoms. The quantitative estimate of drug-likeness (QED) is 0.826. The summed E-state index contributed by atoms with van der Waals surface area (Å²) in [4.78, 5) is 0. The summed E-state index contributed by atoms with van der Waals surface area (Å²) >= 11 is 3.27.